The Bertz CT molecular complexity index is 833. The Morgan fingerprint density at radius 2 is 1.28 bits per heavy atom. The second-order valence-corrected chi connectivity index (χ2v) is 10.2. The molecule has 0 saturated carbocycles. The van der Waals surface area contributed by atoms with E-state index in [0.717, 1.165) is 38.5 Å². The van der Waals surface area contributed by atoms with Crippen molar-refractivity contribution in [3.8, 4) is 0 Å². The summed E-state index contributed by atoms with van der Waals surface area (Å²) < 4.78 is 26.7. The monoisotopic (exact) mass is 569 g/mol. The highest BCUT2D eigenvalue weighted by atomic mass is 31.2. The fourth-order valence-corrected chi connectivity index (χ4v) is 3.58. The van der Waals surface area contributed by atoms with Crippen molar-refractivity contribution in [2.75, 3.05) is 40.5 Å². The maximum atomic E-state index is 12.0. The zero-order valence-electron chi connectivity index (χ0n) is 23.7. The molecule has 0 saturated heterocycles. The van der Waals surface area contributed by atoms with Crippen molar-refractivity contribution in [1.82, 2.24) is 4.90 Å². The summed E-state index contributed by atoms with van der Waals surface area (Å²) in [6.45, 7) is 1.70. The Hall–Kier alpha value is -2.10. The van der Waals surface area contributed by atoms with Crippen LogP contribution >= 0.6 is 7.82 Å². The third-order valence-electron chi connectivity index (χ3n) is 4.89. The van der Waals surface area contributed by atoms with Crippen molar-refractivity contribution in [1.29, 1.82) is 0 Å². The lowest BCUT2D eigenvalue weighted by Gasteiger charge is -2.19. The van der Waals surface area contributed by atoms with E-state index < -0.39 is 33.1 Å². The highest BCUT2D eigenvalue weighted by Gasteiger charge is 2.25. The lowest BCUT2D eigenvalue weighted by atomic mass is 10.2. The van der Waals surface area contributed by atoms with Gasteiger partial charge in [-0.2, -0.15) is 0 Å². The van der Waals surface area contributed by atoms with Crippen LogP contribution in [0.3, 0.4) is 0 Å². The van der Waals surface area contributed by atoms with E-state index in [2.05, 4.69) is 72.6 Å². The van der Waals surface area contributed by atoms with Crippen LogP contribution in [0, 0.1) is 0 Å². The van der Waals surface area contributed by atoms with Gasteiger partial charge in [0.15, 0.2) is 6.10 Å². The lowest BCUT2D eigenvalue weighted by Crippen LogP contribution is -2.28. The Morgan fingerprint density at radius 1 is 0.795 bits per heavy atom. The van der Waals surface area contributed by atoms with Crippen LogP contribution in [0.25, 0.3) is 0 Å². The standard InChI is InChI=1S/C29H48NO8P/c1-4-5-6-7-8-9-10-11-12-13-14-15-16-17-18-19-20-21-22-23-29(31)38-28(26-35-32)27-37-39(33,34)36-25-24-30(2)3/h5-6,8-9,11-12,14-15,17-18,20-21,28,32H,4,7,10,13,16,19,22-27H2,1-3H3,(H,33,34)/b6-5-,9-8-,12-11-,15-14-,18-17-,21-20-. The van der Waals surface area contributed by atoms with Gasteiger partial charge in [0.1, 0.15) is 6.61 Å². The molecule has 222 valence electrons. The summed E-state index contributed by atoms with van der Waals surface area (Å²) in [6.07, 6.45) is 30.5. The molecule has 0 aromatic rings. The molecule has 0 spiro atoms. The van der Waals surface area contributed by atoms with E-state index in [0.29, 0.717) is 13.0 Å². The topological polar surface area (TPSA) is 115 Å². The van der Waals surface area contributed by atoms with Crippen LogP contribution in [0.4, 0.5) is 0 Å². The van der Waals surface area contributed by atoms with E-state index >= 15 is 0 Å². The molecular weight excluding hydrogens is 521 g/mol. The predicted molar refractivity (Wildman–Crippen MR) is 156 cm³/mol. The highest BCUT2D eigenvalue weighted by molar-refractivity contribution is 7.47. The van der Waals surface area contributed by atoms with Gasteiger partial charge in [-0.25, -0.2) is 9.45 Å². The molecule has 0 radical (unpaired) electrons. The number of allylic oxidation sites excluding steroid dienone is 12. The fourth-order valence-electron chi connectivity index (χ4n) is 2.84. The molecule has 0 aromatic heterocycles. The van der Waals surface area contributed by atoms with Crippen LogP contribution in [0.5, 0.6) is 0 Å². The van der Waals surface area contributed by atoms with Crippen LogP contribution in [-0.2, 0) is 28.0 Å². The first-order valence-electron chi connectivity index (χ1n) is 13.4. The first-order valence-corrected chi connectivity index (χ1v) is 14.9. The second kappa shape index (κ2) is 26.1. The third-order valence-corrected chi connectivity index (χ3v) is 5.87. The number of nitrogens with zero attached hydrogens (tertiary/aromatic N) is 1. The summed E-state index contributed by atoms with van der Waals surface area (Å²) in [5.41, 5.74) is 0. The molecule has 2 atom stereocenters. The molecule has 39 heavy (non-hydrogen) atoms. The predicted octanol–water partition coefficient (Wildman–Crippen LogP) is 6.56. The van der Waals surface area contributed by atoms with Gasteiger partial charge in [0, 0.05) is 13.0 Å². The van der Waals surface area contributed by atoms with Crippen LogP contribution in [-0.4, -0.2) is 67.6 Å². The molecule has 0 rings (SSSR count). The molecule has 10 heteroatoms. The molecule has 0 bridgehead atoms. The van der Waals surface area contributed by atoms with Gasteiger partial charge in [-0.15, -0.1) is 0 Å². The Balaban J connectivity index is 4.01. The molecule has 0 aromatic carbocycles. The number of ether oxygens (including phenoxy) is 1. The quantitative estimate of drug-likeness (QED) is 0.0438. The molecule has 0 heterocycles. The molecule has 0 amide bonds. The number of likely N-dealkylation sites (N-methyl/N-ethyl adjacent to an activating group) is 1. The first kappa shape index (κ1) is 36.9. The first-order chi connectivity index (χ1) is 18.8. The van der Waals surface area contributed by atoms with E-state index in [-0.39, 0.29) is 13.0 Å². The minimum atomic E-state index is -4.31. The number of esters is 1. The normalized spacial score (nSPS) is 15.2. The van der Waals surface area contributed by atoms with E-state index in [4.69, 9.17) is 19.0 Å². The smallest absolute Gasteiger partial charge is 0.457 e. The number of hydrogen-bond donors (Lipinski definition) is 2. The maximum absolute atomic E-state index is 12.0. The number of carbonyl (C=O) groups excluding carboxylic acids is 1. The zero-order chi connectivity index (χ0) is 29.0. The molecule has 0 aliphatic carbocycles. The molecule has 9 nitrogen and oxygen atoms in total. The van der Waals surface area contributed by atoms with Crippen LogP contribution in [0.1, 0.15) is 58.3 Å². The van der Waals surface area contributed by atoms with Crippen LogP contribution in [0.15, 0.2) is 72.9 Å². The Kier molecular flexibility index (Phi) is 24.7. The average molecular weight is 570 g/mol. The van der Waals surface area contributed by atoms with Gasteiger partial charge < -0.3 is 14.5 Å². The molecular formula is C29H48NO8P. The van der Waals surface area contributed by atoms with Gasteiger partial charge in [0.25, 0.3) is 0 Å². The summed E-state index contributed by atoms with van der Waals surface area (Å²) in [5.74, 6) is -0.540. The van der Waals surface area contributed by atoms with Gasteiger partial charge >= 0.3 is 13.8 Å². The van der Waals surface area contributed by atoms with Gasteiger partial charge in [-0.3, -0.25) is 19.1 Å². The van der Waals surface area contributed by atoms with E-state index in [1.807, 2.05) is 12.2 Å². The molecule has 0 aliphatic rings. The minimum Gasteiger partial charge on any atom is -0.457 e. The Labute approximate surface area is 234 Å². The molecule has 2 unspecified atom stereocenters. The number of carbonyl (C=O) groups is 1. The number of phosphoric acid groups is 1. The Morgan fingerprint density at radius 3 is 1.74 bits per heavy atom. The van der Waals surface area contributed by atoms with Gasteiger partial charge in [-0.05, 0) is 59.0 Å². The maximum Gasteiger partial charge on any atom is 0.472 e. The van der Waals surface area contributed by atoms with Gasteiger partial charge in [-0.1, -0.05) is 79.8 Å². The largest absolute Gasteiger partial charge is 0.472 e. The van der Waals surface area contributed by atoms with Gasteiger partial charge in [0.2, 0.25) is 0 Å². The molecule has 0 fully saturated rings. The average Bonchev–Trinajstić information content (AvgIpc) is 2.88. The van der Waals surface area contributed by atoms with Crippen molar-refractivity contribution >= 4 is 13.8 Å². The van der Waals surface area contributed by atoms with Gasteiger partial charge in [0.05, 0.1) is 13.2 Å². The zero-order valence-corrected chi connectivity index (χ0v) is 24.6. The highest BCUT2D eigenvalue weighted by Crippen LogP contribution is 2.43. The van der Waals surface area contributed by atoms with E-state index in [9.17, 15) is 14.3 Å². The fraction of sp³-hybridized carbons (Fsp3) is 0.552. The van der Waals surface area contributed by atoms with Crippen molar-refractivity contribution < 1.29 is 38.2 Å². The minimum absolute atomic E-state index is 0.00626. The summed E-state index contributed by atoms with van der Waals surface area (Å²) in [6, 6.07) is 0. The second-order valence-electron chi connectivity index (χ2n) is 8.76. The van der Waals surface area contributed by atoms with Crippen molar-refractivity contribution in [2.45, 2.75) is 64.4 Å². The van der Waals surface area contributed by atoms with E-state index in [1.165, 1.54) is 0 Å². The molecule has 0 aliphatic heterocycles. The summed E-state index contributed by atoms with van der Waals surface area (Å²) >= 11 is 0. The lowest BCUT2D eigenvalue weighted by molar-refractivity contribution is -0.260. The molecule has 2 N–H and O–H groups in total. The number of hydrogen-bond acceptors (Lipinski definition) is 8. The number of rotatable bonds is 24. The van der Waals surface area contributed by atoms with Crippen LogP contribution < -0.4 is 0 Å². The van der Waals surface area contributed by atoms with Crippen molar-refractivity contribution in [3.63, 3.8) is 0 Å². The summed E-state index contributed by atoms with van der Waals surface area (Å²) in [4.78, 5) is 27.5. The summed E-state index contributed by atoms with van der Waals surface area (Å²) in [5, 5.41) is 8.68. The van der Waals surface area contributed by atoms with Crippen LogP contribution in [0.2, 0.25) is 0 Å². The SMILES string of the molecule is CC/C=C\C/C=C\C/C=C\C/C=C\C/C=C\C/C=C\CCC(=O)OC(COO)COP(=O)(O)OCCN(C)C. The van der Waals surface area contributed by atoms with Crippen molar-refractivity contribution in [2.24, 2.45) is 0 Å². The van der Waals surface area contributed by atoms with Crippen molar-refractivity contribution in [3.05, 3.63) is 72.9 Å². The van der Waals surface area contributed by atoms with E-state index in [1.54, 1.807) is 19.0 Å². The number of phosphoric ester groups is 1. The summed E-state index contributed by atoms with van der Waals surface area (Å²) in [7, 11) is -0.726. The third kappa shape index (κ3) is 27.3.